The van der Waals surface area contributed by atoms with Crippen molar-refractivity contribution >= 4 is 16.6 Å². The molecule has 4 heteroatoms. The number of carbonyl (C=O) groups excluding carboxylic acids is 1. The van der Waals surface area contributed by atoms with E-state index in [2.05, 4.69) is 0 Å². The Hall–Kier alpha value is -0.640. The van der Waals surface area contributed by atoms with Gasteiger partial charge in [-0.3, -0.25) is 9.00 Å². The topological polar surface area (TPSA) is 54.4 Å². The van der Waals surface area contributed by atoms with Gasteiger partial charge in [0.25, 0.3) is 0 Å². The van der Waals surface area contributed by atoms with E-state index in [-0.39, 0.29) is 17.5 Å². The van der Waals surface area contributed by atoms with Crippen molar-refractivity contribution in [2.75, 3.05) is 0 Å². The van der Waals surface area contributed by atoms with E-state index in [1.54, 1.807) is 27.7 Å². The van der Waals surface area contributed by atoms with Crippen LogP contribution >= 0.6 is 0 Å². The third kappa shape index (κ3) is 1.63. The van der Waals surface area contributed by atoms with Gasteiger partial charge in [-0.15, -0.1) is 0 Å². The highest BCUT2D eigenvalue weighted by atomic mass is 32.2. The van der Waals surface area contributed by atoms with E-state index in [1.807, 2.05) is 13.8 Å². The van der Waals surface area contributed by atoms with E-state index in [4.69, 9.17) is 0 Å². The number of carbonyl (C=O) groups is 1. The van der Waals surface area contributed by atoms with Crippen LogP contribution in [-0.4, -0.2) is 24.6 Å². The van der Waals surface area contributed by atoms with Crippen molar-refractivity contribution in [3.05, 3.63) is 11.3 Å². The van der Waals surface area contributed by atoms with Crippen molar-refractivity contribution in [3.8, 4) is 0 Å². The fourth-order valence-electron chi connectivity index (χ4n) is 2.10. The van der Waals surface area contributed by atoms with Gasteiger partial charge in [0.05, 0.1) is 4.75 Å². The van der Waals surface area contributed by atoms with Gasteiger partial charge in [-0.1, -0.05) is 13.8 Å². The van der Waals surface area contributed by atoms with Crippen LogP contribution in [0.3, 0.4) is 0 Å². The maximum absolute atomic E-state index is 12.3. The van der Waals surface area contributed by atoms with Crippen LogP contribution in [0.4, 0.5) is 0 Å². The molecule has 0 saturated heterocycles. The Balaban J connectivity index is 3.54. The van der Waals surface area contributed by atoms with Gasteiger partial charge < -0.3 is 5.11 Å². The molecular formula is C12H20O3S. The molecule has 1 unspecified atom stereocenters. The summed E-state index contributed by atoms with van der Waals surface area (Å²) < 4.78 is 10.5. The maximum Gasteiger partial charge on any atom is 0.180 e. The third-order valence-electron chi connectivity index (χ3n) is 3.12. The minimum Gasteiger partial charge on any atom is -0.510 e. The zero-order chi connectivity index (χ0) is 12.9. The summed E-state index contributed by atoms with van der Waals surface area (Å²) in [4.78, 5) is 12.2. The van der Waals surface area contributed by atoms with Crippen LogP contribution in [0, 0.1) is 5.92 Å². The molecule has 0 aromatic carbocycles. The molecule has 0 spiro atoms. The molecule has 0 radical (unpaired) electrons. The molecule has 0 saturated carbocycles. The predicted molar refractivity (Wildman–Crippen MR) is 65.8 cm³/mol. The predicted octanol–water partition coefficient (Wildman–Crippen LogP) is 2.34. The summed E-state index contributed by atoms with van der Waals surface area (Å²) >= 11 is 0. The molecule has 3 nitrogen and oxygen atoms in total. The Morgan fingerprint density at radius 3 is 1.94 bits per heavy atom. The van der Waals surface area contributed by atoms with E-state index in [1.165, 1.54) is 0 Å². The first-order chi connectivity index (χ1) is 7.04. The SMILES string of the molecule is CC(C)C1=C(O)C(C)(C)S(=O)C(C)(C)C1=O. The standard InChI is InChI=1S/C12H20O3S/c1-7(2)8-9(13)11(3,4)16(15)12(5,6)10(8)14/h7,13H,1-6H3. The summed E-state index contributed by atoms with van der Waals surface area (Å²) in [6.07, 6.45) is 0. The van der Waals surface area contributed by atoms with Crippen LogP contribution < -0.4 is 0 Å². The number of ketones is 1. The summed E-state index contributed by atoms with van der Waals surface area (Å²) in [6, 6.07) is 0. The molecule has 1 aliphatic rings. The number of allylic oxidation sites excluding steroid dienone is 1. The molecule has 1 aliphatic heterocycles. The van der Waals surface area contributed by atoms with E-state index < -0.39 is 20.3 Å². The molecule has 1 rings (SSSR count). The summed E-state index contributed by atoms with van der Waals surface area (Å²) in [5, 5.41) is 10.1. The van der Waals surface area contributed by atoms with Gasteiger partial charge in [0.1, 0.15) is 10.5 Å². The molecule has 0 aromatic rings. The third-order valence-corrected chi connectivity index (χ3v) is 5.35. The van der Waals surface area contributed by atoms with Crippen molar-refractivity contribution in [1.82, 2.24) is 0 Å². The van der Waals surface area contributed by atoms with Crippen LogP contribution in [0.15, 0.2) is 11.3 Å². The zero-order valence-electron chi connectivity index (χ0n) is 10.7. The van der Waals surface area contributed by atoms with Crippen molar-refractivity contribution in [2.24, 2.45) is 5.92 Å². The average molecular weight is 244 g/mol. The lowest BCUT2D eigenvalue weighted by atomic mass is 9.87. The van der Waals surface area contributed by atoms with E-state index in [0.717, 1.165) is 0 Å². The Labute approximate surface area is 99.4 Å². The Kier molecular flexibility index (Phi) is 3.10. The molecule has 0 bridgehead atoms. The number of aliphatic hydroxyl groups is 1. The second-order valence-corrected chi connectivity index (χ2v) is 8.11. The lowest BCUT2D eigenvalue weighted by Crippen LogP contribution is -2.53. The normalized spacial score (nSPS) is 28.7. The second-order valence-electron chi connectivity index (χ2n) is 5.54. The molecule has 1 N–H and O–H groups in total. The van der Waals surface area contributed by atoms with Crippen LogP contribution in [0.25, 0.3) is 0 Å². The minimum absolute atomic E-state index is 0.00911. The smallest absolute Gasteiger partial charge is 0.180 e. The summed E-state index contributed by atoms with van der Waals surface area (Å²) in [7, 11) is -1.42. The fourth-order valence-corrected chi connectivity index (χ4v) is 3.94. The first-order valence-corrected chi connectivity index (χ1v) is 6.60. The molecule has 0 fully saturated rings. The molecule has 0 aliphatic carbocycles. The van der Waals surface area contributed by atoms with Crippen molar-refractivity contribution < 1.29 is 14.1 Å². The van der Waals surface area contributed by atoms with Crippen LogP contribution in [-0.2, 0) is 15.6 Å². The molecule has 1 atom stereocenters. The van der Waals surface area contributed by atoms with Gasteiger partial charge in [-0.25, -0.2) is 0 Å². The van der Waals surface area contributed by atoms with Gasteiger partial charge in [-0.05, 0) is 33.6 Å². The van der Waals surface area contributed by atoms with Crippen molar-refractivity contribution in [2.45, 2.75) is 51.0 Å². The van der Waals surface area contributed by atoms with Gasteiger partial charge in [-0.2, -0.15) is 0 Å². The zero-order valence-corrected chi connectivity index (χ0v) is 11.6. The Morgan fingerprint density at radius 2 is 1.56 bits per heavy atom. The highest BCUT2D eigenvalue weighted by Crippen LogP contribution is 2.40. The number of rotatable bonds is 1. The van der Waals surface area contributed by atoms with Crippen LogP contribution in [0.2, 0.25) is 0 Å². The highest BCUT2D eigenvalue weighted by Gasteiger charge is 2.52. The summed E-state index contributed by atoms with van der Waals surface area (Å²) in [6.45, 7) is 10.5. The molecular weight excluding hydrogens is 224 g/mol. The Morgan fingerprint density at radius 1 is 1.12 bits per heavy atom. The highest BCUT2D eigenvalue weighted by molar-refractivity contribution is 7.89. The fraction of sp³-hybridized carbons (Fsp3) is 0.750. The average Bonchev–Trinajstić information content (AvgIpc) is 2.14. The van der Waals surface area contributed by atoms with Gasteiger partial charge in [0.15, 0.2) is 5.78 Å². The van der Waals surface area contributed by atoms with E-state index in [9.17, 15) is 14.1 Å². The molecule has 92 valence electrons. The second kappa shape index (κ2) is 3.69. The van der Waals surface area contributed by atoms with E-state index in [0.29, 0.717) is 5.57 Å². The lowest BCUT2D eigenvalue weighted by molar-refractivity contribution is -0.118. The van der Waals surface area contributed by atoms with Gasteiger partial charge >= 0.3 is 0 Å². The van der Waals surface area contributed by atoms with Gasteiger partial charge in [0.2, 0.25) is 0 Å². The minimum atomic E-state index is -1.42. The summed E-state index contributed by atoms with van der Waals surface area (Å²) in [5.41, 5.74) is 0.426. The summed E-state index contributed by atoms with van der Waals surface area (Å²) in [5.74, 6) is -0.258. The molecule has 1 heterocycles. The van der Waals surface area contributed by atoms with Crippen molar-refractivity contribution in [3.63, 3.8) is 0 Å². The van der Waals surface area contributed by atoms with Crippen LogP contribution in [0.5, 0.6) is 0 Å². The first kappa shape index (κ1) is 13.4. The van der Waals surface area contributed by atoms with Gasteiger partial charge in [0, 0.05) is 16.4 Å². The number of aliphatic hydroxyl groups excluding tert-OH is 1. The molecule has 0 amide bonds. The molecule has 0 aromatic heterocycles. The first-order valence-electron chi connectivity index (χ1n) is 5.45. The monoisotopic (exact) mass is 244 g/mol. The van der Waals surface area contributed by atoms with Crippen LogP contribution in [0.1, 0.15) is 41.5 Å². The number of Topliss-reactive ketones (excluding diaryl/α,β-unsaturated/α-hetero) is 1. The Bertz CT molecular complexity index is 389. The molecule has 16 heavy (non-hydrogen) atoms. The van der Waals surface area contributed by atoms with E-state index >= 15 is 0 Å². The number of hydrogen-bond donors (Lipinski definition) is 1. The largest absolute Gasteiger partial charge is 0.510 e. The maximum atomic E-state index is 12.3. The lowest BCUT2D eigenvalue weighted by Gasteiger charge is -2.40. The van der Waals surface area contributed by atoms with Crippen molar-refractivity contribution in [1.29, 1.82) is 0 Å². The number of hydrogen-bond acceptors (Lipinski definition) is 3. The quantitative estimate of drug-likeness (QED) is 0.770.